The number of likely N-dealkylation sites (tertiary alicyclic amines) is 1. The van der Waals surface area contributed by atoms with Gasteiger partial charge in [-0.05, 0) is 36.1 Å². The van der Waals surface area contributed by atoms with Crippen molar-refractivity contribution in [3.05, 3.63) is 96.1 Å². The summed E-state index contributed by atoms with van der Waals surface area (Å²) in [6, 6.07) is 24.8. The molecule has 0 saturated carbocycles. The van der Waals surface area contributed by atoms with Crippen LogP contribution in [0.4, 0.5) is 0 Å². The first-order valence-corrected chi connectivity index (χ1v) is 15.4. The van der Waals surface area contributed by atoms with Crippen LogP contribution < -0.4 is 10.6 Å². The summed E-state index contributed by atoms with van der Waals surface area (Å²) in [6.07, 6.45) is 1.37. The Morgan fingerprint density at radius 1 is 0.977 bits per heavy atom. The van der Waals surface area contributed by atoms with Crippen LogP contribution in [0.1, 0.15) is 30.0 Å². The van der Waals surface area contributed by atoms with E-state index < -0.39 is 28.7 Å². The predicted octanol–water partition coefficient (Wildman–Crippen LogP) is 2.65. The van der Waals surface area contributed by atoms with Crippen molar-refractivity contribution in [2.75, 3.05) is 6.61 Å². The molecule has 0 radical (unpaired) electrons. The van der Waals surface area contributed by atoms with E-state index in [0.717, 1.165) is 23.1 Å². The van der Waals surface area contributed by atoms with Crippen LogP contribution in [0.25, 0.3) is 11.0 Å². The van der Waals surface area contributed by atoms with Crippen LogP contribution in [-0.2, 0) is 27.6 Å². The number of fused-ring (bicyclic) bond motifs is 2. The molecule has 7 rings (SSSR count). The van der Waals surface area contributed by atoms with Crippen LogP contribution in [-0.4, -0.2) is 65.4 Å². The summed E-state index contributed by atoms with van der Waals surface area (Å²) in [5.41, 5.74) is 3.20. The number of aliphatic hydroxyl groups excluding tert-OH is 1. The predicted molar refractivity (Wildman–Crippen MR) is 161 cm³/mol. The van der Waals surface area contributed by atoms with Gasteiger partial charge in [-0.2, -0.15) is 0 Å². The van der Waals surface area contributed by atoms with Crippen molar-refractivity contribution < 1.29 is 19.5 Å². The molecule has 3 N–H and O–H groups in total. The lowest BCUT2D eigenvalue weighted by atomic mass is 9.70. The Labute approximate surface area is 252 Å². The van der Waals surface area contributed by atoms with E-state index in [9.17, 15) is 19.5 Å². The minimum atomic E-state index is -0.876. The molecule has 11 heteroatoms. The fraction of sp³-hybridized carbons (Fsp3) is 0.344. The SMILES string of the molecule is O=C(NCn1nnc2ccccc21)C1N([C@H](CO)c2ccccc2)C(=O)[C@@H]2[C@H](C(=O)NCc3ccccc3)[C@@H]3CCC12S3. The zero-order chi connectivity index (χ0) is 29.6. The van der Waals surface area contributed by atoms with E-state index in [1.807, 2.05) is 84.9 Å². The fourth-order valence-corrected chi connectivity index (χ4v) is 9.45. The fourth-order valence-electron chi connectivity index (χ4n) is 7.24. The van der Waals surface area contributed by atoms with Gasteiger partial charge in [-0.25, -0.2) is 4.68 Å². The highest BCUT2D eigenvalue weighted by molar-refractivity contribution is 8.02. The number of hydrogen-bond donors (Lipinski definition) is 3. The molecule has 4 aromatic rings. The number of thioether (sulfide) groups is 1. The van der Waals surface area contributed by atoms with E-state index in [1.54, 1.807) is 21.3 Å². The normalized spacial score (nSPS) is 26.4. The van der Waals surface area contributed by atoms with Gasteiger partial charge in [0.25, 0.3) is 0 Å². The molecule has 2 bridgehead atoms. The minimum absolute atomic E-state index is 0.0641. The van der Waals surface area contributed by atoms with Crippen LogP contribution in [0.2, 0.25) is 0 Å². The molecule has 3 aliphatic heterocycles. The topological polar surface area (TPSA) is 129 Å². The van der Waals surface area contributed by atoms with Crippen molar-refractivity contribution in [2.45, 2.75) is 48.1 Å². The lowest BCUT2D eigenvalue weighted by molar-refractivity contribution is -0.143. The quantitative estimate of drug-likeness (QED) is 0.271. The third kappa shape index (κ3) is 4.58. The summed E-state index contributed by atoms with van der Waals surface area (Å²) in [5.74, 6) is -2.00. The van der Waals surface area contributed by atoms with Crippen molar-refractivity contribution in [1.29, 1.82) is 0 Å². The number of aliphatic hydroxyl groups is 1. The highest BCUT2D eigenvalue weighted by atomic mass is 32.2. The molecule has 220 valence electrons. The van der Waals surface area contributed by atoms with Gasteiger partial charge in [0.2, 0.25) is 17.7 Å². The van der Waals surface area contributed by atoms with Crippen molar-refractivity contribution in [2.24, 2.45) is 11.8 Å². The summed E-state index contributed by atoms with van der Waals surface area (Å²) in [5, 5.41) is 25.0. The Balaban J connectivity index is 1.21. The van der Waals surface area contributed by atoms with Gasteiger partial charge >= 0.3 is 0 Å². The maximum Gasteiger partial charge on any atom is 0.245 e. The maximum atomic E-state index is 14.5. The van der Waals surface area contributed by atoms with Crippen molar-refractivity contribution >= 4 is 40.5 Å². The first-order chi connectivity index (χ1) is 21.0. The molecule has 43 heavy (non-hydrogen) atoms. The molecule has 1 aromatic heterocycles. The van der Waals surface area contributed by atoms with Gasteiger partial charge in [-0.3, -0.25) is 14.4 Å². The second-order valence-electron chi connectivity index (χ2n) is 11.4. The number of nitrogens with zero attached hydrogens (tertiary/aromatic N) is 4. The average Bonchev–Trinajstić information content (AvgIpc) is 3.80. The van der Waals surface area contributed by atoms with Crippen molar-refractivity contribution in [3.8, 4) is 0 Å². The van der Waals surface area contributed by atoms with E-state index in [0.29, 0.717) is 18.5 Å². The molecule has 1 spiro atoms. The molecule has 4 heterocycles. The Bertz CT molecular complexity index is 1670. The number of benzene rings is 3. The summed E-state index contributed by atoms with van der Waals surface area (Å²) in [4.78, 5) is 44.0. The Hall–Kier alpha value is -4.22. The van der Waals surface area contributed by atoms with E-state index >= 15 is 0 Å². The second kappa shape index (κ2) is 11.1. The number of rotatable bonds is 9. The summed E-state index contributed by atoms with van der Waals surface area (Å²) < 4.78 is 0.830. The maximum absolute atomic E-state index is 14.5. The number of para-hydroxylation sites is 1. The molecular weight excluding hydrogens is 564 g/mol. The molecule has 3 amide bonds. The zero-order valence-corrected chi connectivity index (χ0v) is 24.2. The molecule has 3 aromatic carbocycles. The minimum Gasteiger partial charge on any atom is -0.394 e. The van der Waals surface area contributed by atoms with Gasteiger partial charge in [0.05, 0.1) is 34.7 Å². The van der Waals surface area contributed by atoms with Gasteiger partial charge in [-0.1, -0.05) is 78.0 Å². The lowest BCUT2D eigenvalue weighted by Gasteiger charge is -2.37. The molecule has 0 aliphatic carbocycles. The molecule has 3 aliphatic rings. The molecular formula is C32H32N6O4S. The number of aromatic nitrogens is 3. The number of carbonyl (C=O) groups is 3. The molecule has 2 unspecified atom stereocenters. The smallest absolute Gasteiger partial charge is 0.245 e. The monoisotopic (exact) mass is 596 g/mol. The molecule has 3 fully saturated rings. The summed E-state index contributed by atoms with van der Waals surface area (Å²) in [6.45, 7) is 0.0854. The van der Waals surface area contributed by atoms with E-state index in [4.69, 9.17) is 0 Å². The third-order valence-electron chi connectivity index (χ3n) is 9.12. The van der Waals surface area contributed by atoms with Crippen LogP contribution in [0.15, 0.2) is 84.9 Å². The summed E-state index contributed by atoms with van der Waals surface area (Å²) in [7, 11) is 0. The highest BCUT2D eigenvalue weighted by Gasteiger charge is 2.74. The van der Waals surface area contributed by atoms with Crippen molar-refractivity contribution in [3.63, 3.8) is 0 Å². The van der Waals surface area contributed by atoms with E-state index in [-0.39, 0.29) is 36.2 Å². The standard InChI is InChI=1S/C32H32N6O4S/c39-18-24(21-11-5-2-6-12-21)38-28(30(41)34-19-37-23-14-8-7-13-22(23)35-36-37)32-16-15-25(43-32)26(27(32)31(38)42)29(40)33-17-20-9-3-1-4-10-20/h1-14,24-28,39H,15-19H2,(H,33,40)(H,34,41)/t24-,25+,26-,27+,28?,32?/m1/s1. The van der Waals surface area contributed by atoms with Gasteiger partial charge in [-0.15, -0.1) is 16.9 Å². The molecule has 10 nitrogen and oxygen atoms in total. The van der Waals surface area contributed by atoms with Gasteiger partial charge < -0.3 is 20.6 Å². The van der Waals surface area contributed by atoms with E-state index in [1.165, 1.54) is 0 Å². The number of amides is 3. The number of nitrogens with one attached hydrogen (secondary N) is 2. The number of carbonyl (C=O) groups excluding carboxylic acids is 3. The van der Waals surface area contributed by atoms with E-state index in [2.05, 4.69) is 20.9 Å². The molecule has 3 saturated heterocycles. The van der Waals surface area contributed by atoms with Gasteiger partial charge in [0.15, 0.2) is 0 Å². The third-order valence-corrected chi connectivity index (χ3v) is 11.1. The first-order valence-electron chi connectivity index (χ1n) is 14.6. The average molecular weight is 597 g/mol. The van der Waals surface area contributed by atoms with Gasteiger partial charge in [0.1, 0.15) is 18.2 Å². The van der Waals surface area contributed by atoms with Crippen LogP contribution in [0.5, 0.6) is 0 Å². The Morgan fingerprint density at radius 3 is 2.47 bits per heavy atom. The lowest BCUT2D eigenvalue weighted by Crippen LogP contribution is -2.54. The van der Waals surface area contributed by atoms with Crippen LogP contribution in [0.3, 0.4) is 0 Å². The summed E-state index contributed by atoms with van der Waals surface area (Å²) >= 11 is 1.60. The molecule has 6 atom stereocenters. The van der Waals surface area contributed by atoms with Crippen molar-refractivity contribution in [1.82, 2.24) is 30.5 Å². The Kier molecular flexibility index (Phi) is 7.14. The number of hydrogen-bond acceptors (Lipinski definition) is 7. The largest absolute Gasteiger partial charge is 0.394 e. The van der Waals surface area contributed by atoms with Gasteiger partial charge in [0, 0.05) is 11.8 Å². The first kappa shape index (κ1) is 27.6. The van der Waals surface area contributed by atoms with Crippen LogP contribution >= 0.6 is 11.8 Å². The highest BCUT2D eigenvalue weighted by Crippen LogP contribution is 2.67. The zero-order valence-electron chi connectivity index (χ0n) is 23.4. The Morgan fingerprint density at radius 2 is 1.70 bits per heavy atom. The van der Waals surface area contributed by atoms with Crippen LogP contribution in [0, 0.1) is 11.8 Å². The second-order valence-corrected chi connectivity index (χ2v) is 13.0.